The molecule has 0 aliphatic carbocycles. The number of nitro groups is 1. The van der Waals surface area contributed by atoms with Crippen molar-refractivity contribution in [2.24, 2.45) is 0 Å². The third-order valence-electron chi connectivity index (χ3n) is 2.75. The second kappa shape index (κ2) is 6.15. The van der Waals surface area contributed by atoms with Crippen LogP contribution < -0.4 is 5.32 Å². The zero-order valence-corrected chi connectivity index (χ0v) is 12.0. The number of aromatic hydroxyl groups is 1. The number of nitro benzene ring substituents is 1. The van der Waals surface area contributed by atoms with Gasteiger partial charge in [0.1, 0.15) is 11.4 Å². The fraction of sp³-hybridized carbons (Fsp3) is 0.0769. The quantitative estimate of drug-likeness (QED) is 0.645. The number of phenols is 1. The minimum atomic E-state index is -0.767. The SMILES string of the molecule is O=[N+]([O-])c1cccc(F)c1NCc1cc(Cl)cc(Cl)c1O. The summed E-state index contributed by atoms with van der Waals surface area (Å²) in [5.41, 5.74) is -0.370. The van der Waals surface area contributed by atoms with Gasteiger partial charge in [-0.3, -0.25) is 10.1 Å². The second-order valence-electron chi connectivity index (χ2n) is 4.14. The van der Waals surface area contributed by atoms with Crippen LogP contribution in [-0.4, -0.2) is 10.0 Å². The summed E-state index contributed by atoms with van der Waals surface area (Å²) >= 11 is 11.6. The molecule has 0 spiro atoms. The van der Waals surface area contributed by atoms with Crippen LogP contribution in [-0.2, 0) is 6.54 Å². The lowest BCUT2D eigenvalue weighted by Gasteiger charge is -2.10. The summed E-state index contributed by atoms with van der Waals surface area (Å²) in [7, 11) is 0. The molecule has 0 unspecified atom stereocenters. The Morgan fingerprint density at radius 3 is 2.71 bits per heavy atom. The molecule has 2 aromatic carbocycles. The molecule has 21 heavy (non-hydrogen) atoms. The van der Waals surface area contributed by atoms with Gasteiger partial charge in [0, 0.05) is 23.2 Å². The van der Waals surface area contributed by atoms with Crippen LogP contribution in [0.15, 0.2) is 30.3 Å². The van der Waals surface area contributed by atoms with Crippen molar-refractivity contribution in [1.29, 1.82) is 0 Å². The van der Waals surface area contributed by atoms with Crippen molar-refractivity contribution >= 4 is 34.6 Å². The van der Waals surface area contributed by atoms with Crippen LogP contribution in [0.2, 0.25) is 10.0 Å². The largest absolute Gasteiger partial charge is 0.506 e. The predicted octanol–water partition coefficient (Wildman–Crippen LogP) is 4.36. The Morgan fingerprint density at radius 2 is 2.05 bits per heavy atom. The number of phenolic OH excluding ortho intramolecular Hbond substituents is 1. The maximum Gasteiger partial charge on any atom is 0.295 e. The molecule has 110 valence electrons. The zero-order valence-electron chi connectivity index (χ0n) is 10.4. The van der Waals surface area contributed by atoms with Crippen molar-refractivity contribution in [1.82, 2.24) is 0 Å². The predicted molar refractivity (Wildman–Crippen MR) is 78.5 cm³/mol. The zero-order chi connectivity index (χ0) is 15.6. The van der Waals surface area contributed by atoms with E-state index in [1.54, 1.807) is 0 Å². The fourth-order valence-electron chi connectivity index (χ4n) is 1.78. The minimum absolute atomic E-state index is 0.0438. The van der Waals surface area contributed by atoms with E-state index in [0.717, 1.165) is 6.07 Å². The van der Waals surface area contributed by atoms with Crippen LogP contribution in [0.1, 0.15) is 5.56 Å². The molecule has 0 bridgehead atoms. The molecular formula is C13H9Cl2FN2O3. The monoisotopic (exact) mass is 330 g/mol. The van der Waals surface area contributed by atoms with Gasteiger partial charge in [-0.25, -0.2) is 4.39 Å². The lowest BCUT2D eigenvalue weighted by molar-refractivity contribution is -0.384. The first-order chi connectivity index (χ1) is 9.90. The van der Waals surface area contributed by atoms with Gasteiger partial charge in [-0.15, -0.1) is 0 Å². The summed E-state index contributed by atoms with van der Waals surface area (Å²) in [6.45, 7) is -0.0755. The van der Waals surface area contributed by atoms with Gasteiger partial charge in [0.2, 0.25) is 0 Å². The first-order valence-electron chi connectivity index (χ1n) is 5.74. The van der Waals surface area contributed by atoms with E-state index in [9.17, 15) is 19.6 Å². The number of nitrogens with one attached hydrogen (secondary N) is 1. The van der Waals surface area contributed by atoms with Crippen LogP contribution in [0.25, 0.3) is 0 Å². The molecular weight excluding hydrogens is 322 g/mol. The van der Waals surface area contributed by atoms with Crippen LogP contribution in [0.3, 0.4) is 0 Å². The Kier molecular flexibility index (Phi) is 4.50. The number of halogens is 3. The van der Waals surface area contributed by atoms with E-state index in [2.05, 4.69) is 5.32 Å². The Labute approximate surface area is 129 Å². The summed E-state index contributed by atoms with van der Waals surface area (Å²) in [6.07, 6.45) is 0. The number of hydrogen-bond donors (Lipinski definition) is 2. The molecule has 2 aromatic rings. The van der Waals surface area contributed by atoms with E-state index in [-0.39, 0.29) is 28.0 Å². The number of rotatable bonds is 4. The summed E-state index contributed by atoms with van der Waals surface area (Å²) in [5, 5.41) is 23.6. The first kappa shape index (κ1) is 15.3. The highest BCUT2D eigenvalue weighted by molar-refractivity contribution is 6.35. The molecule has 0 aliphatic rings. The maximum atomic E-state index is 13.7. The van der Waals surface area contributed by atoms with Gasteiger partial charge in [0.05, 0.1) is 9.95 Å². The number of anilines is 1. The molecule has 0 fully saturated rings. The van der Waals surface area contributed by atoms with E-state index < -0.39 is 16.4 Å². The van der Waals surface area contributed by atoms with E-state index in [0.29, 0.717) is 5.56 Å². The third kappa shape index (κ3) is 3.34. The molecule has 0 saturated heterocycles. The van der Waals surface area contributed by atoms with E-state index >= 15 is 0 Å². The molecule has 0 radical (unpaired) electrons. The Hall–Kier alpha value is -2.05. The average Bonchev–Trinajstić information content (AvgIpc) is 2.41. The van der Waals surface area contributed by atoms with E-state index in [4.69, 9.17) is 23.2 Å². The highest BCUT2D eigenvalue weighted by Gasteiger charge is 2.18. The number of para-hydroxylation sites is 1. The minimum Gasteiger partial charge on any atom is -0.506 e. The highest BCUT2D eigenvalue weighted by Crippen LogP contribution is 2.33. The van der Waals surface area contributed by atoms with Gasteiger partial charge in [-0.1, -0.05) is 29.3 Å². The Morgan fingerprint density at radius 1 is 1.33 bits per heavy atom. The highest BCUT2D eigenvalue weighted by atomic mass is 35.5. The van der Waals surface area contributed by atoms with Crippen LogP contribution >= 0.6 is 23.2 Å². The smallest absolute Gasteiger partial charge is 0.295 e. The van der Waals surface area contributed by atoms with Crippen LogP contribution in [0.4, 0.5) is 15.8 Å². The fourth-order valence-corrected chi connectivity index (χ4v) is 2.31. The summed E-state index contributed by atoms with van der Waals surface area (Å²) in [4.78, 5) is 10.2. The Bertz CT molecular complexity index is 710. The molecule has 8 heteroatoms. The molecule has 0 amide bonds. The number of hydrogen-bond acceptors (Lipinski definition) is 4. The molecule has 2 N–H and O–H groups in total. The average molecular weight is 331 g/mol. The maximum absolute atomic E-state index is 13.7. The standard InChI is InChI=1S/C13H9Cl2FN2O3/c14-8-4-7(13(19)9(15)5-8)6-17-12-10(16)2-1-3-11(12)18(20)21/h1-5,17,19H,6H2. The Balaban J connectivity index is 2.31. The second-order valence-corrected chi connectivity index (χ2v) is 4.98. The van der Waals surface area contributed by atoms with Gasteiger partial charge >= 0.3 is 0 Å². The van der Waals surface area contributed by atoms with E-state index in [1.165, 1.54) is 24.3 Å². The topological polar surface area (TPSA) is 75.4 Å². The van der Waals surface area contributed by atoms with Crippen molar-refractivity contribution in [2.45, 2.75) is 6.54 Å². The van der Waals surface area contributed by atoms with Crippen molar-refractivity contribution in [3.8, 4) is 5.75 Å². The van der Waals surface area contributed by atoms with Crippen LogP contribution in [0, 0.1) is 15.9 Å². The van der Waals surface area contributed by atoms with Crippen LogP contribution in [0.5, 0.6) is 5.75 Å². The lowest BCUT2D eigenvalue weighted by Crippen LogP contribution is -2.05. The molecule has 5 nitrogen and oxygen atoms in total. The number of benzene rings is 2. The molecule has 2 rings (SSSR count). The van der Waals surface area contributed by atoms with Crippen molar-refractivity contribution in [3.63, 3.8) is 0 Å². The van der Waals surface area contributed by atoms with Crippen molar-refractivity contribution in [2.75, 3.05) is 5.32 Å². The van der Waals surface area contributed by atoms with Gasteiger partial charge < -0.3 is 10.4 Å². The van der Waals surface area contributed by atoms with Crippen molar-refractivity contribution in [3.05, 3.63) is 61.9 Å². The lowest BCUT2D eigenvalue weighted by atomic mass is 10.2. The molecule has 0 atom stereocenters. The molecule has 0 aromatic heterocycles. The van der Waals surface area contributed by atoms with Gasteiger partial charge in [0.25, 0.3) is 5.69 Å². The van der Waals surface area contributed by atoms with E-state index in [1.807, 2.05) is 0 Å². The number of nitrogens with zero attached hydrogens (tertiary/aromatic N) is 1. The molecule has 0 heterocycles. The normalized spacial score (nSPS) is 10.4. The summed E-state index contributed by atoms with van der Waals surface area (Å²) in [5.74, 6) is -0.982. The molecule has 0 saturated carbocycles. The third-order valence-corrected chi connectivity index (χ3v) is 3.26. The van der Waals surface area contributed by atoms with Gasteiger partial charge in [0.15, 0.2) is 5.82 Å². The summed E-state index contributed by atoms with van der Waals surface area (Å²) < 4.78 is 13.7. The molecule has 0 aliphatic heterocycles. The first-order valence-corrected chi connectivity index (χ1v) is 6.49. The summed E-state index contributed by atoms with van der Waals surface area (Å²) in [6, 6.07) is 6.30. The van der Waals surface area contributed by atoms with Gasteiger partial charge in [-0.2, -0.15) is 0 Å². The van der Waals surface area contributed by atoms with Crippen molar-refractivity contribution < 1.29 is 14.4 Å². The van der Waals surface area contributed by atoms with Gasteiger partial charge in [-0.05, 0) is 18.2 Å².